The first-order chi connectivity index (χ1) is 6.79. The summed E-state index contributed by atoms with van der Waals surface area (Å²) in [6, 6.07) is 0.160. The van der Waals surface area contributed by atoms with Crippen LogP contribution in [0.25, 0.3) is 0 Å². The van der Waals surface area contributed by atoms with Crippen LogP contribution in [0.3, 0.4) is 0 Å². The molecule has 1 saturated heterocycles. The lowest BCUT2D eigenvalue weighted by atomic mass is 10.2. The van der Waals surface area contributed by atoms with Gasteiger partial charge in [-0.05, 0) is 34.1 Å². The minimum atomic E-state index is -0.429. The van der Waals surface area contributed by atoms with E-state index in [0.717, 1.165) is 13.0 Å². The van der Waals surface area contributed by atoms with Gasteiger partial charge < -0.3 is 14.4 Å². The highest BCUT2D eigenvalue weighted by Gasteiger charge is 2.29. The maximum atomic E-state index is 11.7. The molecular weight excluding hydrogens is 194 g/mol. The first-order valence-corrected chi connectivity index (χ1v) is 5.37. The topological polar surface area (TPSA) is 42.1 Å². The summed E-state index contributed by atoms with van der Waals surface area (Å²) in [4.78, 5) is 13.3. The number of carbonyl (C=O) groups excluding carboxylic acids is 1. The van der Waals surface area contributed by atoms with E-state index in [1.807, 2.05) is 27.7 Å². The number of epoxide rings is 1. The Morgan fingerprint density at radius 3 is 2.53 bits per heavy atom. The van der Waals surface area contributed by atoms with Crippen LogP contribution < -0.4 is 0 Å². The first-order valence-electron chi connectivity index (χ1n) is 5.37. The zero-order valence-corrected chi connectivity index (χ0v) is 10.2. The van der Waals surface area contributed by atoms with Crippen molar-refractivity contribution in [1.82, 2.24) is 4.90 Å². The fraction of sp³-hybridized carbons (Fsp3) is 0.909. The molecule has 0 bridgehead atoms. The van der Waals surface area contributed by atoms with E-state index in [2.05, 4.69) is 0 Å². The molecule has 0 aromatic heterocycles. The molecule has 1 fully saturated rings. The lowest BCUT2D eigenvalue weighted by Crippen LogP contribution is -2.39. The van der Waals surface area contributed by atoms with Crippen molar-refractivity contribution < 1.29 is 14.3 Å². The van der Waals surface area contributed by atoms with Crippen LogP contribution in [0.1, 0.15) is 34.1 Å². The number of ether oxygens (including phenoxy) is 2. The largest absolute Gasteiger partial charge is 0.444 e. The Balaban J connectivity index is 2.36. The molecule has 0 aliphatic carbocycles. The van der Waals surface area contributed by atoms with Crippen LogP contribution in [0.5, 0.6) is 0 Å². The molecule has 4 nitrogen and oxygen atoms in total. The SMILES string of the molecule is CC(CC1CO1)N(C)C(=O)OC(C)(C)C. The Morgan fingerprint density at radius 2 is 2.13 bits per heavy atom. The molecule has 0 radical (unpaired) electrons. The summed E-state index contributed by atoms with van der Waals surface area (Å²) in [6.07, 6.45) is 0.955. The molecular formula is C11H21NO3. The molecule has 1 amide bonds. The van der Waals surface area contributed by atoms with Gasteiger partial charge in [-0.1, -0.05) is 0 Å². The van der Waals surface area contributed by atoms with Gasteiger partial charge >= 0.3 is 6.09 Å². The third-order valence-electron chi connectivity index (χ3n) is 2.35. The number of hydrogen-bond donors (Lipinski definition) is 0. The minimum absolute atomic E-state index is 0.160. The quantitative estimate of drug-likeness (QED) is 0.676. The molecule has 4 heteroatoms. The number of rotatable bonds is 3. The predicted octanol–water partition coefficient (Wildman–Crippen LogP) is 2.03. The molecule has 1 aliphatic heterocycles. The van der Waals surface area contributed by atoms with Crippen molar-refractivity contribution in [3.05, 3.63) is 0 Å². The van der Waals surface area contributed by atoms with E-state index < -0.39 is 5.60 Å². The number of carbonyl (C=O) groups is 1. The van der Waals surface area contributed by atoms with Crippen molar-refractivity contribution in [2.75, 3.05) is 13.7 Å². The highest BCUT2D eigenvalue weighted by atomic mass is 16.6. The summed E-state index contributed by atoms with van der Waals surface area (Å²) >= 11 is 0. The standard InChI is InChI=1S/C11H21NO3/c1-8(6-9-7-14-9)12(5)10(13)15-11(2,3)4/h8-9H,6-7H2,1-5H3. The van der Waals surface area contributed by atoms with Crippen LogP contribution in [0.4, 0.5) is 4.79 Å². The zero-order chi connectivity index (χ0) is 11.6. The Hall–Kier alpha value is -0.770. The Kier molecular flexibility index (Phi) is 3.60. The minimum Gasteiger partial charge on any atom is -0.444 e. The van der Waals surface area contributed by atoms with Gasteiger partial charge in [0.2, 0.25) is 0 Å². The molecule has 1 aliphatic rings. The third kappa shape index (κ3) is 4.51. The van der Waals surface area contributed by atoms with Crippen LogP contribution in [0, 0.1) is 0 Å². The van der Waals surface area contributed by atoms with Crippen LogP contribution in [-0.4, -0.2) is 42.4 Å². The molecule has 0 aromatic carbocycles. The molecule has 0 saturated carbocycles. The molecule has 2 unspecified atom stereocenters. The van der Waals surface area contributed by atoms with Gasteiger partial charge in [0.1, 0.15) is 5.60 Å². The van der Waals surface area contributed by atoms with E-state index in [1.165, 1.54) is 0 Å². The van der Waals surface area contributed by atoms with Crippen molar-refractivity contribution in [1.29, 1.82) is 0 Å². The van der Waals surface area contributed by atoms with Gasteiger partial charge in [0, 0.05) is 13.1 Å². The number of amides is 1. The molecule has 0 spiro atoms. The maximum absolute atomic E-state index is 11.7. The highest BCUT2D eigenvalue weighted by molar-refractivity contribution is 5.68. The second kappa shape index (κ2) is 4.39. The Labute approximate surface area is 91.5 Å². The third-order valence-corrected chi connectivity index (χ3v) is 2.35. The second-order valence-corrected chi connectivity index (χ2v) is 5.13. The van der Waals surface area contributed by atoms with Gasteiger partial charge in [0.25, 0.3) is 0 Å². The normalized spacial score (nSPS) is 22.1. The summed E-state index contributed by atoms with van der Waals surface area (Å²) in [5, 5.41) is 0. The van der Waals surface area contributed by atoms with Crippen molar-refractivity contribution in [2.24, 2.45) is 0 Å². The molecule has 1 heterocycles. The molecule has 1 rings (SSSR count). The van der Waals surface area contributed by atoms with E-state index >= 15 is 0 Å². The van der Waals surface area contributed by atoms with Crippen molar-refractivity contribution >= 4 is 6.09 Å². The van der Waals surface area contributed by atoms with Gasteiger partial charge in [0.05, 0.1) is 12.7 Å². The monoisotopic (exact) mass is 215 g/mol. The molecule has 0 N–H and O–H groups in total. The van der Waals surface area contributed by atoms with E-state index in [0.29, 0.717) is 6.10 Å². The fourth-order valence-corrected chi connectivity index (χ4v) is 1.26. The lowest BCUT2D eigenvalue weighted by Gasteiger charge is -2.28. The predicted molar refractivity (Wildman–Crippen MR) is 57.8 cm³/mol. The lowest BCUT2D eigenvalue weighted by molar-refractivity contribution is 0.0224. The Bertz CT molecular complexity index is 230. The van der Waals surface area contributed by atoms with E-state index in [1.54, 1.807) is 11.9 Å². The van der Waals surface area contributed by atoms with Gasteiger partial charge in [0.15, 0.2) is 0 Å². The van der Waals surface area contributed by atoms with Crippen LogP contribution in [0.2, 0.25) is 0 Å². The van der Waals surface area contributed by atoms with Crippen LogP contribution in [0.15, 0.2) is 0 Å². The van der Waals surface area contributed by atoms with Gasteiger partial charge in [-0.25, -0.2) is 4.79 Å². The van der Waals surface area contributed by atoms with E-state index in [4.69, 9.17) is 9.47 Å². The van der Waals surface area contributed by atoms with Crippen LogP contribution >= 0.6 is 0 Å². The number of hydrogen-bond acceptors (Lipinski definition) is 3. The van der Waals surface area contributed by atoms with Gasteiger partial charge in [-0.3, -0.25) is 0 Å². The summed E-state index contributed by atoms with van der Waals surface area (Å²) in [5.41, 5.74) is -0.429. The first kappa shape index (κ1) is 12.3. The summed E-state index contributed by atoms with van der Waals surface area (Å²) in [6.45, 7) is 8.44. The summed E-state index contributed by atoms with van der Waals surface area (Å²) in [7, 11) is 1.76. The molecule has 88 valence electrons. The fourth-order valence-electron chi connectivity index (χ4n) is 1.26. The van der Waals surface area contributed by atoms with Crippen LogP contribution in [-0.2, 0) is 9.47 Å². The van der Waals surface area contributed by atoms with Gasteiger partial charge in [-0.15, -0.1) is 0 Å². The highest BCUT2D eigenvalue weighted by Crippen LogP contribution is 2.19. The smallest absolute Gasteiger partial charge is 0.410 e. The molecule has 0 aromatic rings. The van der Waals surface area contributed by atoms with E-state index in [9.17, 15) is 4.79 Å². The Morgan fingerprint density at radius 1 is 1.60 bits per heavy atom. The maximum Gasteiger partial charge on any atom is 0.410 e. The second-order valence-electron chi connectivity index (χ2n) is 5.13. The molecule has 15 heavy (non-hydrogen) atoms. The van der Waals surface area contributed by atoms with Crippen molar-refractivity contribution in [3.8, 4) is 0 Å². The average molecular weight is 215 g/mol. The molecule has 2 atom stereocenters. The zero-order valence-electron chi connectivity index (χ0n) is 10.2. The van der Waals surface area contributed by atoms with Crippen molar-refractivity contribution in [3.63, 3.8) is 0 Å². The average Bonchev–Trinajstić information content (AvgIpc) is 2.83. The summed E-state index contributed by atoms with van der Waals surface area (Å²) < 4.78 is 10.4. The number of nitrogens with zero attached hydrogens (tertiary/aromatic N) is 1. The van der Waals surface area contributed by atoms with Crippen molar-refractivity contribution in [2.45, 2.75) is 51.9 Å². The van der Waals surface area contributed by atoms with Gasteiger partial charge in [-0.2, -0.15) is 0 Å². The summed E-state index contributed by atoms with van der Waals surface area (Å²) in [5.74, 6) is 0. The van der Waals surface area contributed by atoms with E-state index in [-0.39, 0.29) is 12.1 Å².